The lowest BCUT2D eigenvalue weighted by atomic mass is 10.00. The molecule has 1 aromatic heterocycles. The first kappa shape index (κ1) is 12.6. The number of aryl methyl sites for hydroxylation is 1. The largest absolute Gasteiger partial charge is 0.393 e. The summed E-state index contributed by atoms with van der Waals surface area (Å²) in [7, 11) is 1.80. The van der Waals surface area contributed by atoms with Crippen LogP contribution in [0, 0.1) is 11.8 Å². The van der Waals surface area contributed by atoms with Gasteiger partial charge in [-0.3, -0.25) is 9.48 Å². The zero-order chi connectivity index (χ0) is 13.6. The lowest BCUT2D eigenvalue weighted by Crippen LogP contribution is -2.38. The van der Waals surface area contributed by atoms with Crippen molar-refractivity contribution in [1.82, 2.24) is 14.7 Å². The van der Waals surface area contributed by atoms with E-state index in [1.165, 1.54) is 0 Å². The van der Waals surface area contributed by atoms with E-state index in [2.05, 4.69) is 5.10 Å². The second-order valence-corrected chi connectivity index (χ2v) is 5.74. The third-order valence-corrected chi connectivity index (χ3v) is 4.48. The number of rotatable bonds is 2. The Kier molecular flexibility index (Phi) is 3.06. The van der Waals surface area contributed by atoms with Crippen LogP contribution in [0.4, 0.5) is 0 Å². The molecule has 2 fully saturated rings. The molecule has 1 aromatic rings. The molecule has 19 heavy (non-hydrogen) atoms. The van der Waals surface area contributed by atoms with Gasteiger partial charge in [-0.1, -0.05) is 0 Å². The highest BCUT2D eigenvalue weighted by Crippen LogP contribution is 2.38. The van der Waals surface area contributed by atoms with Crippen molar-refractivity contribution in [2.45, 2.75) is 25.0 Å². The van der Waals surface area contributed by atoms with E-state index < -0.39 is 6.04 Å². The smallest absolute Gasteiger partial charge is 0.244 e. The van der Waals surface area contributed by atoms with Crippen molar-refractivity contribution in [2.24, 2.45) is 24.6 Å². The number of carbonyl (C=O) groups excluding carboxylic acids is 1. The van der Waals surface area contributed by atoms with Crippen LogP contribution >= 0.6 is 0 Å². The third kappa shape index (κ3) is 2.15. The van der Waals surface area contributed by atoms with Crippen LogP contribution in [0.5, 0.6) is 0 Å². The molecule has 1 aliphatic carbocycles. The summed E-state index contributed by atoms with van der Waals surface area (Å²) in [6, 6.07) is -0.648. The molecular formula is C13H20N4O2. The summed E-state index contributed by atoms with van der Waals surface area (Å²) in [5, 5.41) is 13.9. The minimum absolute atomic E-state index is 0.0606. The molecule has 104 valence electrons. The summed E-state index contributed by atoms with van der Waals surface area (Å²) in [6.45, 7) is 1.37. The molecular weight excluding hydrogens is 244 g/mol. The van der Waals surface area contributed by atoms with Crippen molar-refractivity contribution in [2.75, 3.05) is 13.1 Å². The second-order valence-electron chi connectivity index (χ2n) is 5.74. The molecule has 2 heterocycles. The lowest BCUT2D eigenvalue weighted by Gasteiger charge is -2.21. The fourth-order valence-electron chi connectivity index (χ4n) is 3.36. The van der Waals surface area contributed by atoms with Crippen LogP contribution in [0.15, 0.2) is 12.4 Å². The summed E-state index contributed by atoms with van der Waals surface area (Å²) >= 11 is 0. The maximum atomic E-state index is 12.4. The van der Waals surface area contributed by atoms with E-state index in [0.29, 0.717) is 12.5 Å². The Bertz CT molecular complexity index is 487. The molecule has 6 heteroatoms. The van der Waals surface area contributed by atoms with E-state index in [0.717, 1.165) is 24.9 Å². The number of likely N-dealkylation sites (tertiary alicyclic amines) is 1. The van der Waals surface area contributed by atoms with Gasteiger partial charge in [0.2, 0.25) is 5.91 Å². The van der Waals surface area contributed by atoms with Gasteiger partial charge in [-0.05, 0) is 18.8 Å². The van der Waals surface area contributed by atoms with Crippen LogP contribution < -0.4 is 5.73 Å². The topological polar surface area (TPSA) is 84.4 Å². The number of aliphatic hydroxyl groups excluding tert-OH is 1. The second kappa shape index (κ2) is 4.61. The van der Waals surface area contributed by atoms with Crippen LogP contribution in [-0.2, 0) is 11.8 Å². The molecule has 0 aromatic carbocycles. The number of fused-ring (bicyclic) bond motifs is 1. The average Bonchev–Trinajstić information content (AvgIpc) is 3.06. The first-order valence-electron chi connectivity index (χ1n) is 6.77. The van der Waals surface area contributed by atoms with Gasteiger partial charge in [0, 0.05) is 37.8 Å². The van der Waals surface area contributed by atoms with Gasteiger partial charge in [-0.25, -0.2) is 0 Å². The Morgan fingerprint density at radius 1 is 1.53 bits per heavy atom. The van der Waals surface area contributed by atoms with Crippen molar-refractivity contribution in [1.29, 1.82) is 0 Å². The van der Waals surface area contributed by atoms with E-state index >= 15 is 0 Å². The molecule has 1 saturated heterocycles. The molecule has 4 atom stereocenters. The van der Waals surface area contributed by atoms with Gasteiger partial charge in [0.1, 0.15) is 6.04 Å². The third-order valence-electron chi connectivity index (χ3n) is 4.48. The highest BCUT2D eigenvalue weighted by atomic mass is 16.3. The maximum absolute atomic E-state index is 12.4. The summed E-state index contributed by atoms with van der Waals surface area (Å²) < 4.78 is 1.64. The molecule has 3 N–H and O–H groups in total. The molecule has 3 rings (SSSR count). The van der Waals surface area contributed by atoms with Gasteiger partial charge >= 0.3 is 0 Å². The number of amides is 1. The minimum atomic E-state index is -0.648. The van der Waals surface area contributed by atoms with E-state index in [1.54, 1.807) is 29.0 Å². The molecule has 1 aliphatic heterocycles. The number of carbonyl (C=O) groups is 1. The quantitative estimate of drug-likeness (QED) is 0.764. The predicted octanol–water partition coefficient (Wildman–Crippen LogP) is -0.351. The van der Waals surface area contributed by atoms with Crippen molar-refractivity contribution >= 4 is 5.91 Å². The Morgan fingerprint density at radius 2 is 2.32 bits per heavy atom. The van der Waals surface area contributed by atoms with Crippen molar-refractivity contribution < 1.29 is 9.90 Å². The Hall–Kier alpha value is -1.40. The number of aromatic nitrogens is 2. The zero-order valence-corrected chi connectivity index (χ0v) is 11.1. The standard InChI is InChI=1S/C13H20N4O2/c1-16-5-9(4-15-16)12(14)13(19)17-6-8-2-3-11(18)10(8)7-17/h4-5,8,10-12,18H,2-3,6-7,14H2,1H3. The summed E-state index contributed by atoms with van der Waals surface area (Å²) in [5.41, 5.74) is 6.75. The van der Waals surface area contributed by atoms with Gasteiger partial charge in [-0.15, -0.1) is 0 Å². The van der Waals surface area contributed by atoms with Crippen LogP contribution in [-0.4, -0.2) is 44.9 Å². The summed E-state index contributed by atoms with van der Waals surface area (Å²) in [4.78, 5) is 14.2. The van der Waals surface area contributed by atoms with E-state index in [1.807, 2.05) is 0 Å². The average molecular weight is 264 g/mol. The van der Waals surface area contributed by atoms with Gasteiger partial charge in [0.05, 0.1) is 12.3 Å². The van der Waals surface area contributed by atoms with Gasteiger partial charge in [0.25, 0.3) is 0 Å². The molecule has 0 spiro atoms. The number of hydrogen-bond donors (Lipinski definition) is 2. The molecule has 4 unspecified atom stereocenters. The summed E-state index contributed by atoms with van der Waals surface area (Å²) in [6.07, 6.45) is 5.03. The Morgan fingerprint density at radius 3 is 2.95 bits per heavy atom. The fraction of sp³-hybridized carbons (Fsp3) is 0.692. The molecule has 1 saturated carbocycles. The number of aliphatic hydroxyl groups is 1. The number of hydrogen-bond acceptors (Lipinski definition) is 4. The molecule has 2 aliphatic rings. The van der Waals surface area contributed by atoms with Crippen LogP contribution in [0.1, 0.15) is 24.4 Å². The summed E-state index contributed by atoms with van der Waals surface area (Å²) in [5.74, 6) is 0.625. The lowest BCUT2D eigenvalue weighted by molar-refractivity contribution is -0.132. The van der Waals surface area contributed by atoms with E-state index in [4.69, 9.17) is 5.73 Å². The van der Waals surface area contributed by atoms with Crippen molar-refractivity contribution in [3.05, 3.63) is 18.0 Å². The first-order valence-corrected chi connectivity index (χ1v) is 6.77. The normalized spacial score (nSPS) is 31.5. The van der Waals surface area contributed by atoms with Crippen LogP contribution in [0.25, 0.3) is 0 Å². The van der Waals surface area contributed by atoms with Gasteiger partial charge < -0.3 is 15.7 Å². The van der Waals surface area contributed by atoms with Crippen molar-refractivity contribution in [3.63, 3.8) is 0 Å². The first-order chi connectivity index (χ1) is 9.06. The number of nitrogens with zero attached hydrogens (tertiary/aromatic N) is 3. The Labute approximate surface area is 112 Å². The van der Waals surface area contributed by atoms with E-state index in [-0.39, 0.29) is 17.9 Å². The fourth-order valence-corrected chi connectivity index (χ4v) is 3.36. The van der Waals surface area contributed by atoms with Crippen LogP contribution in [0.3, 0.4) is 0 Å². The molecule has 1 amide bonds. The Balaban J connectivity index is 1.68. The minimum Gasteiger partial charge on any atom is -0.393 e. The monoisotopic (exact) mass is 264 g/mol. The maximum Gasteiger partial charge on any atom is 0.244 e. The SMILES string of the molecule is Cn1cc(C(N)C(=O)N2CC3CCC(O)C3C2)cn1. The van der Waals surface area contributed by atoms with Crippen LogP contribution in [0.2, 0.25) is 0 Å². The zero-order valence-electron chi connectivity index (χ0n) is 11.1. The predicted molar refractivity (Wildman–Crippen MR) is 68.9 cm³/mol. The highest BCUT2D eigenvalue weighted by Gasteiger charge is 2.44. The van der Waals surface area contributed by atoms with Gasteiger partial charge in [-0.2, -0.15) is 5.10 Å². The van der Waals surface area contributed by atoms with E-state index in [9.17, 15) is 9.90 Å². The van der Waals surface area contributed by atoms with Crippen molar-refractivity contribution in [3.8, 4) is 0 Å². The molecule has 0 bridgehead atoms. The molecule has 0 radical (unpaired) electrons. The van der Waals surface area contributed by atoms with Gasteiger partial charge in [0.15, 0.2) is 0 Å². The highest BCUT2D eigenvalue weighted by molar-refractivity contribution is 5.83. The number of nitrogens with two attached hydrogens (primary N) is 1. The molecule has 6 nitrogen and oxygen atoms in total.